The van der Waals surface area contributed by atoms with Crippen LogP contribution >= 0.6 is 0 Å². The Morgan fingerprint density at radius 1 is 1.07 bits per heavy atom. The van der Waals surface area contributed by atoms with Gasteiger partial charge in [0.1, 0.15) is 5.78 Å². The van der Waals surface area contributed by atoms with Gasteiger partial charge in [0, 0.05) is 11.8 Å². The van der Waals surface area contributed by atoms with Crippen LogP contribution < -0.4 is 5.73 Å². The van der Waals surface area contributed by atoms with Crippen molar-refractivity contribution in [1.29, 1.82) is 0 Å². The molecular formula is C25H43NO2. The zero-order valence-corrected chi connectivity index (χ0v) is 18.6. The molecular weight excluding hydrogens is 346 g/mol. The molecule has 3 N–H and O–H groups in total. The Labute approximate surface area is 172 Å². The smallest absolute Gasteiger partial charge is 0.139 e. The zero-order chi connectivity index (χ0) is 20.3. The Morgan fingerprint density at radius 3 is 2.43 bits per heavy atom. The van der Waals surface area contributed by atoms with E-state index in [1.165, 1.54) is 25.7 Å². The molecule has 4 saturated carbocycles. The lowest BCUT2D eigenvalue weighted by molar-refractivity contribution is -0.173. The molecule has 4 rings (SSSR count). The molecule has 0 unspecified atom stereocenters. The first-order chi connectivity index (χ1) is 13.3. The number of hydrogen-bond acceptors (Lipinski definition) is 3. The van der Waals surface area contributed by atoms with Gasteiger partial charge in [0.25, 0.3) is 0 Å². The molecule has 3 nitrogen and oxygen atoms in total. The van der Waals surface area contributed by atoms with E-state index in [0.717, 1.165) is 44.6 Å². The van der Waals surface area contributed by atoms with Crippen LogP contribution in [0.15, 0.2) is 0 Å². The number of carbonyl (C=O) groups excluding carboxylic acids is 1. The van der Waals surface area contributed by atoms with Gasteiger partial charge in [-0.25, -0.2) is 0 Å². The average Bonchev–Trinajstić information content (AvgIpc) is 3.01. The molecule has 0 heterocycles. The van der Waals surface area contributed by atoms with Crippen LogP contribution in [0.25, 0.3) is 0 Å². The fraction of sp³-hybridized carbons (Fsp3) is 0.960. The predicted molar refractivity (Wildman–Crippen MR) is 114 cm³/mol. The highest BCUT2D eigenvalue weighted by atomic mass is 16.3. The maximum absolute atomic E-state index is 13.9. The Hall–Kier alpha value is -0.410. The van der Waals surface area contributed by atoms with Crippen molar-refractivity contribution < 1.29 is 9.90 Å². The molecule has 4 aliphatic carbocycles. The topological polar surface area (TPSA) is 63.3 Å². The molecule has 0 aromatic heterocycles. The highest BCUT2D eigenvalue weighted by Crippen LogP contribution is 2.68. The number of aliphatic hydroxyl groups is 1. The fourth-order valence-corrected chi connectivity index (χ4v) is 9.07. The predicted octanol–water partition coefficient (Wildman–Crippen LogP) is 4.81. The van der Waals surface area contributed by atoms with E-state index >= 15 is 0 Å². The second kappa shape index (κ2) is 7.38. The monoisotopic (exact) mass is 389 g/mol. The molecule has 0 bridgehead atoms. The lowest BCUT2D eigenvalue weighted by Crippen LogP contribution is -2.60. The first kappa shape index (κ1) is 20.8. The van der Waals surface area contributed by atoms with E-state index in [1.807, 2.05) is 0 Å². The summed E-state index contributed by atoms with van der Waals surface area (Å²) in [4.78, 5) is 13.9. The molecule has 0 saturated heterocycles. The second-order valence-corrected chi connectivity index (χ2v) is 11.5. The van der Waals surface area contributed by atoms with Crippen LogP contribution in [0.4, 0.5) is 0 Å². The Morgan fingerprint density at radius 2 is 1.75 bits per heavy atom. The van der Waals surface area contributed by atoms with Crippen molar-refractivity contribution in [2.75, 3.05) is 6.54 Å². The van der Waals surface area contributed by atoms with Crippen LogP contribution in [0.3, 0.4) is 0 Å². The molecule has 10 atom stereocenters. The van der Waals surface area contributed by atoms with Gasteiger partial charge in [0.2, 0.25) is 0 Å². The maximum atomic E-state index is 13.9. The van der Waals surface area contributed by atoms with Gasteiger partial charge in [-0.1, -0.05) is 27.7 Å². The van der Waals surface area contributed by atoms with Crippen molar-refractivity contribution in [3.05, 3.63) is 0 Å². The normalized spacial score (nSPS) is 51.9. The lowest BCUT2D eigenvalue weighted by atomic mass is 9.42. The summed E-state index contributed by atoms with van der Waals surface area (Å²) in [5.41, 5.74) is 6.47. The molecule has 0 spiro atoms. The largest absolute Gasteiger partial charge is 0.393 e. The van der Waals surface area contributed by atoms with E-state index in [4.69, 9.17) is 5.73 Å². The van der Waals surface area contributed by atoms with Gasteiger partial charge >= 0.3 is 0 Å². The number of hydrogen-bond donors (Lipinski definition) is 2. The van der Waals surface area contributed by atoms with Crippen molar-refractivity contribution >= 4 is 5.78 Å². The van der Waals surface area contributed by atoms with Gasteiger partial charge < -0.3 is 10.8 Å². The maximum Gasteiger partial charge on any atom is 0.139 e. The minimum Gasteiger partial charge on any atom is -0.393 e. The molecule has 28 heavy (non-hydrogen) atoms. The third-order valence-electron chi connectivity index (χ3n) is 10.5. The summed E-state index contributed by atoms with van der Waals surface area (Å²) in [6.45, 7) is 10.4. The third kappa shape index (κ3) is 2.86. The minimum absolute atomic E-state index is 0.170. The van der Waals surface area contributed by atoms with E-state index < -0.39 is 0 Å². The number of fused-ring (bicyclic) bond motifs is 5. The first-order valence-corrected chi connectivity index (χ1v) is 12.2. The molecule has 0 aliphatic heterocycles. The lowest BCUT2D eigenvalue weighted by Gasteiger charge is -2.62. The standard InChI is InChI=1S/C25H43NO2/c1-5-17-21-14-16(27)8-11-25(21,4)20-9-12-24(3)18(15(2)10-13-26)6-7-19(24)22(20)23(17)28/h15-22,27H,5-14,26H2,1-4H3/t15-,16-,17+,18-,19+,20+,21+,22+,24-,25-/m1/s1. The van der Waals surface area contributed by atoms with Gasteiger partial charge in [-0.2, -0.15) is 0 Å². The molecule has 160 valence electrons. The molecule has 4 aliphatic rings. The number of Topliss-reactive ketones (excluding diaryl/α,β-unsaturated/α-hetero) is 1. The fourth-order valence-electron chi connectivity index (χ4n) is 9.07. The Kier molecular flexibility index (Phi) is 5.49. The van der Waals surface area contributed by atoms with Crippen molar-refractivity contribution in [2.24, 2.45) is 58.0 Å². The quantitative estimate of drug-likeness (QED) is 0.725. The summed E-state index contributed by atoms with van der Waals surface area (Å²) in [5, 5.41) is 10.4. The number of rotatable bonds is 4. The molecule has 0 aromatic rings. The van der Waals surface area contributed by atoms with Gasteiger partial charge in [-0.05, 0) is 105 Å². The third-order valence-corrected chi connectivity index (χ3v) is 10.5. The minimum atomic E-state index is -0.196. The summed E-state index contributed by atoms with van der Waals surface area (Å²) >= 11 is 0. The van der Waals surface area contributed by atoms with E-state index in [9.17, 15) is 9.90 Å². The van der Waals surface area contributed by atoms with Crippen molar-refractivity contribution in [3.63, 3.8) is 0 Å². The van der Waals surface area contributed by atoms with Gasteiger partial charge in [0.15, 0.2) is 0 Å². The molecule has 0 aromatic carbocycles. The number of carbonyl (C=O) groups is 1. The van der Waals surface area contributed by atoms with Gasteiger partial charge in [-0.15, -0.1) is 0 Å². The number of nitrogens with two attached hydrogens (primary N) is 1. The molecule has 0 radical (unpaired) electrons. The van der Waals surface area contributed by atoms with E-state index in [0.29, 0.717) is 34.9 Å². The van der Waals surface area contributed by atoms with E-state index in [2.05, 4.69) is 27.7 Å². The summed E-state index contributed by atoms with van der Waals surface area (Å²) in [7, 11) is 0. The molecule has 3 heteroatoms. The van der Waals surface area contributed by atoms with E-state index in [-0.39, 0.29) is 23.4 Å². The first-order valence-electron chi connectivity index (χ1n) is 12.2. The van der Waals surface area contributed by atoms with Gasteiger partial charge in [-0.3, -0.25) is 4.79 Å². The van der Waals surface area contributed by atoms with Crippen LogP contribution in [0.2, 0.25) is 0 Å². The number of aliphatic hydroxyl groups excluding tert-OH is 1. The van der Waals surface area contributed by atoms with Crippen LogP contribution in [0.5, 0.6) is 0 Å². The highest BCUT2D eigenvalue weighted by Gasteiger charge is 2.64. The Balaban J connectivity index is 1.68. The summed E-state index contributed by atoms with van der Waals surface area (Å²) in [6.07, 6.45) is 9.79. The van der Waals surface area contributed by atoms with Crippen LogP contribution in [0, 0.1) is 52.3 Å². The SMILES string of the molecule is CC[C@@H]1C(=O)[C@@H]2[C@H](CC[C@]3(C)[C@@H]([C@H](C)CCN)CC[C@@H]23)[C@@]2(C)CC[C@@H](O)C[C@@H]12. The van der Waals surface area contributed by atoms with E-state index in [1.54, 1.807) is 0 Å². The molecule has 4 fully saturated rings. The van der Waals surface area contributed by atoms with Crippen LogP contribution in [-0.4, -0.2) is 23.5 Å². The van der Waals surface area contributed by atoms with Crippen LogP contribution in [0.1, 0.15) is 85.5 Å². The number of ketones is 1. The summed E-state index contributed by atoms with van der Waals surface area (Å²) < 4.78 is 0. The molecule has 0 amide bonds. The summed E-state index contributed by atoms with van der Waals surface area (Å²) in [6, 6.07) is 0. The highest BCUT2D eigenvalue weighted by molar-refractivity contribution is 5.86. The van der Waals surface area contributed by atoms with Crippen molar-refractivity contribution in [3.8, 4) is 0 Å². The van der Waals surface area contributed by atoms with Crippen molar-refractivity contribution in [2.45, 2.75) is 91.6 Å². The average molecular weight is 390 g/mol. The van der Waals surface area contributed by atoms with Crippen molar-refractivity contribution in [1.82, 2.24) is 0 Å². The summed E-state index contributed by atoms with van der Waals surface area (Å²) in [5.74, 6) is 3.93. The van der Waals surface area contributed by atoms with Gasteiger partial charge in [0.05, 0.1) is 6.10 Å². The van der Waals surface area contributed by atoms with Crippen LogP contribution in [-0.2, 0) is 4.79 Å². The zero-order valence-electron chi connectivity index (χ0n) is 18.6. The second-order valence-electron chi connectivity index (χ2n) is 11.5. The Bertz CT molecular complexity index is 605.